The normalized spacial score (nSPS) is 10.8. The first kappa shape index (κ1) is 16.1. The van der Waals surface area contributed by atoms with Crippen molar-refractivity contribution >= 4 is 32.7 Å². The van der Waals surface area contributed by atoms with Crippen LogP contribution < -0.4 is 16.3 Å². The second kappa shape index (κ2) is 6.40. The number of fused-ring (bicyclic) bond motifs is 1. The molecule has 2 aromatic heterocycles. The van der Waals surface area contributed by atoms with Gasteiger partial charge in [0, 0.05) is 18.2 Å². The predicted molar refractivity (Wildman–Crippen MR) is 91.0 cm³/mol. The van der Waals surface area contributed by atoms with Crippen LogP contribution in [0, 0.1) is 12.7 Å². The van der Waals surface area contributed by atoms with Crippen LogP contribution >= 0.6 is 11.3 Å². The van der Waals surface area contributed by atoms with E-state index in [1.54, 1.807) is 26.0 Å². The number of benzene rings is 1. The number of nitrogens with zero attached hydrogens (tertiary/aromatic N) is 1. The molecule has 0 aliphatic carbocycles. The number of hydrogen-bond donors (Lipinski definition) is 2. The Hall–Kier alpha value is -2.74. The average molecular weight is 347 g/mol. The molecule has 0 aliphatic heterocycles. The van der Waals surface area contributed by atoms with E-state index in [2.05, 4.69) is 15.6 Å². The van der Waals surface area contributed by atoms with Gasteiger partial charge in [-0.25, -0.2) is 19.0 Å². The Labute approximate surface area is 140 Å². The Morgan fingerprint density at radius 1 is 1.33 bits per heavy atom. The summed E-state index contributed by atoms with van der Waals surface area (Å²) in [4.78, 5) is 27.3. The van der Waals surface area contributed by atoms with Crippen molar-refractivity contribution in [1.82, 2.24) is 10.3 Å². The van der Waals surface area contributed by atoms with Crippen LogP contribution in [0.15, 0.2) is 33.5 Å². The average Bonchev–Trinajstić information content (AvgIpc) is 2.86. The number of urea groups is 1. The van der Waals surface area contributed by atoms with E-state index in [4.69, 9.17) is 4.42 Å². The number of carbonyl (C=O) groups is 1. The minimum Gasteiger partial charge on any atom is -0.428 e. The van der Waals surface area contributed by atoms with Crippen molar-refractivity contribution < 1.29 is 13.6 Å². The van der Waals surface area contributed by atoms with Crippen LogP contribution in [-0.4, -0.2) is 17.6 Å². The smallest absolute Gasteiger partial charge is 0.336 e. The van der Waals surface area contributed by atoms with E-state index in [9.17, 15) is 14.0 Å². The van der Waals surface area contributed by atoms with E-state index in [-0.39, 0.29) is 11.6 Å². The summed E-state index contributed by atoms with van der Waals surface area (Å²) in [5, 5.41) is 5.57. The molecule has 0 bridgehead atoms. The minimum absolute atomic E-state index is 0.258. The predicted octanol–water partition coefficient (Wildman–Crippen LogP) is 3.51. The number of halogens is 1. The van der Waals surface area contributed by atoms with Gasteiger partial charge in [0.25, 0.3) is 0 Å². The van der Waals surface area contributed by atoms with Gasteiger partial charge in [-0.15, -0.1) is 0 Å². The molecule has 0 atom stereocenters. The Morgan fingerprint density at radius 3 is 2.83 bits per heavy atom. The summed E-state index contributed by atoms with van der Waals surface area (Å²) < 4.78 is 19.9. The molecule has 2 amide bonds. The van der Waals surface area contributed by atoms with E-state index < -0.39 is 11.4 Å². The number of thiazole rings is 1. The van der Waals surface area contributed by atoms with Crippen LogP contribution in [0.1, 0.15) is 12.7 Å². The lowest BCUT2D eigenvalue weighted by Crippen LogP contribution is -2.28. The lowest BCUT2D eigenvalue weighted by atomic mass is 10.1. The SMILES string of the molecule is CCNC(=O)Nc1nc2cc(-c3cc(C)oc(=O)c3)c(F)cc2s1. The third-order valence-electron chi connectivity index (χ3n) is 3.24. The topological polar surface area (TPSA) is 84.2 Å². The number of amides is 2. The zero-order valence-electron chi connectivity index (χ0n) is 13.0. The second-order valence-corrected chi connectivity index (χ2v) is 6.11. The Kier molecular flexibility index (Phi) is 4.30. The molecule has 0 radical (unpaired) electrons. The van der Waals surface area contributed by atoms with Gasteiger partial charge in [-0.3, -0.25) is 5.32 Å². The molecule has 0 unspecified atom stereocenters. The summed E-state index contributed by atoms with van der Waals surface area (Å²) >= 11 is 1.17. The first-order valence-corrected chi connectivity index (χ1v) is 8.05. The monoisotopic (exact) mass is 347 g/mol. The van der Waals surface area contributed by atoms with Crippen molar-refractivity contribution in [3.63, 3.8) is 0 Å². The molecule has 6 nitrogen and oxygen atoms in total. The standard InChI is InChI=1S/C16H14FN3O3S/c1-3-18-15(22)20-16-19-12-6-10(11(17)7-13(12)24-16)9-4-8(2)23-14(21)5-9/h4-7H,3H2,1-2H3,(H2,18,19,20,22). The van der Waals surface area contributed by atoms with Gasteiger partial charge in [0.1, 0.15) is 11.6 Å². The Bertz CT molecular complexity index is 980. The summed E-state index contributed by atoms with van der Waals surface area (Å²) in [7, 11) is 0. The van der Waals surface area contributed by atoms with Gasteiger partial charge in [0.05, 0.1) is 10.2 Å². The van der Waals surface area contributed by atoms with Gasteiger partial charge >= 0.3 is 11.7 Å². The first-order chi connectivity index (χ1) is 11.5. The maximum Gasteiger partial charge on any atom is 0.336 e. The van der Waals surface area contributed by atoms with Crippen molar-refractivity contribution in [2.75, 3.05) is 11.9 Å². The third-order valence-corrected chi connectivity index (χ3v) is 4.17. The van der Waals surface area contributed by atoms with Crippen LogP contribution in [0.4, 0.5) is 14.3 Å². The minimum atomic E-state index is -0.540. The third kappa shape index (κ3) is 3.28. The maximum atomic E-state index is 14.4. The van der Waals surface area contributed by atoms with Crippen LogP contribution in [0.5, 0.6) is 0 Å². The highest BCUT2D eigenvalue weighted by Crippen LogP contribution is 2.32. The van der Waals surface area contributed by atoms with Gasteiger partial charge in [0.2, 0.25) is 0 Å². The summed E-state index contributed by atoms with van der Waals surface area (Å²) in [6.07, 6.45) is 0. The quantitative estimate of drug-likeness (QED) is 0.759. The summed E-state index contributed by atoms with van der Waals surface area (Å²) in [5.74, 6) is -0.0745. The van der Waals surface area contributed by atoms with Gasteiger partial charge in [-0.1, -0.05) is 11.3 Å². The largest absolute Gasteiger partial charge is 0.428 e. The van der Waals surface area contributed by atoms with Crippen molar-refractivity contribution in [2.45, 2.75) is 13.8 Å². The number of nitrogens with one attached hydrogen (secondary N) is 2. The molecule has 3 rings (SSSR count). The van der Waals surface area contributed by atoms with Crippen molar-refractivity contribution in [3.05, 3.63) is 46.3 Å². The van der Waals surface area contributed by atoms with E-state index in [0.717, 1.165) is 0 Å². The molecule has 1 aromatic carbocycles. The van der Waals surface area contributed by atoms with Crippen LogP contribution in [-0.2, 0) is 0 Å². The zero-order valence-corrected chi connectivity index (χ0v) is 13.8. The molecule has 124 valence electrons. The molecule has 24 heavy (non-hydrogen) atoms. The molecule has 0 saturated heterocycles. The molecule has 8 heteroatoms. The number of aryl methyl sites for hydroxylation is 1. The van der Waals surface area contributed by atoms with E-state index in [1.807, 2.05) is 0 Å². The number of carbonyl (C=O) groups excluding carboxylic acids is 1. The van der Waals surface area contributed by atoms with Crippen molar-refractivity contribution in [1.29, 1.82) is 0 Å². The molecule has 0 spiro atoms. The lowest BCUT2D eigenvalue weighted by molar-refractivity contribution is 0.252. The summed E-state index contributed by atoms with van der Waals surface area (Å²) in [6.45, 7) is 3.92. The van der Waals surface area contributed by atoms with E-state index in [1.165, 1.54) is 23.5 Å². The molecule has 0 fully saturated rings. The van der Waals surface area contributed by atoms with Crippen LogP contribution in [0.3, 0.4) is 0 Å². The van der Waals surface area contributed by atoms with Gasteiger partial charge in [-0.05, 0) is 37.6 Å². The molecular weight excluding hydrogens is 333 g/mol. The fraction of sp³-hybridized carbons (Fsp3) is 0.188. The number of rotatable bonds is 3. The van der Waals surface area contributed by atoms with Gasteiger partial charge in [-0.2, -0.15) is 0 Å². The molecular formula is C16H14FN3O3S. The van der Waals surface area contributed by atoms with Gasteiger partial charge < -0.3 is 9.73 Å². The summed E-state index contributed by atoms with van der Waals surface area (Å²) in [6, 6.07) is 5.35. The maximum absolute atomic E-state index is 14.4. The fourth-order valence-corrected chi connectivity index (χ4v) is 3.15. The van der Waals surface area contributed by atoms with Crippen LogP contribution in [0.25, 0.3) is 21.3 Å². The highest BCUT2D eigenvalue weighted by molar-refractivity contribution is 7.22. The van der Waals surface area contributed by atoms with Crippen molar-refractivity contribution in [3.8, 4) is 11.1 Å². The molecule has 0 saturated carbocycles. The molecule has 0 aliphatic rings. The lowest BCUT2D eigenvalue weighted by Gasteiger charge is -2.03. The molecule has 2 heterocycles. The van der Waals surface area contributed by atoms with Crippen LogP contribution in [0.2, 0.25) is 0 Å². The molecule has 2 N–H and O–H groups in total. The zero-order chi connectivity index (χ0) is 17.3. The fourth-order valence-electron chi connectivity index (χ4n) is 2.29. The van der Waals surface area contributed by atoms with Crippen molar-refractivity contribution in [2.24, 2.45) is 0 Å². The Balaban J connectivity index is 2.03. The highest BCUT2D eigenvalue weighted by atomic mass is 32.1. The number of hydrogen-bond acceptors (Lipinski definition) is 5. The first-order valence-electron chi connectivity index (χ1n) is 7.23. The van der Waals surface area contributed by atoms with E-state index >= 15 is 0 Å². The Morgan fingerprint density at radius 2 is 2.12 bits per heavy atom. The number of aromatic nitrogens is 1. The molecule has 3 aromatic rings. The number of anilines is 1. The highest BCUT2D eigenvalue weighted by Gasteiger charge is 2.13. The second-order valence-electron chi connectivity index (χ2n) is 5.08. The van der Waals surface area contributed by atoms with E-state index in [0.29, 0.717) is 33.2 Å². The summed E-state index contributed by atoms with van der Waals surface area (Å²) in [5.41, 5.74) is 0.679. The van der Waals surface area contributed by atoms with Gasteiger partial charge in [0.15, 0.2) is 5.13 Å².